The molecule has 1 unspecified atom stereocenters. The number of hydrogen-bond acceptors (Lipinski definition) is 8. The lowest BCUT2D eigenvalue weighted by Gasteiger charge is -2.51. The molecule has 4 saturated heterocycles. The summed E-state index contributed by atoms with van der Waals surface area (Å²) < 4.78 is 17.3. The number of amides is 2. The van der Waals surface area contributed by atoms with Gasteiger partial charge in [-0.2, -0.15) is 0 Å². The Balaban J connectivity index is 1.35. The van der Waals surface area contributed by atoms with Gasteiger partial charge in [-0.25, -0.2) is 0 Å². The lowest BCUT2D eigenvalue weighted by molar-refractivity contribution is -0.247. The van der Waals surface area contributed by atoms with Crippen molar-refractivity contribution in [1.29, 1.82) is 0 Å². The largest absolute Gasteiger partial charge is 0.384 e. The van der Waals surface area contributed by atoms with Gasteiger partial charge in [-0.05, 0) is 50.1 Å². The van der Waals surface area contributed by atoms with Crippen molar-refractivity contribution in [3.05, 3.63) is 42.5 Å². The summed E-state index contributed by atoms with van der Waals surface area (Å²) in [6.07, 6.45) is -1.30. The van der Waals surface area contributed by atoms with Gasteiger partial charge in [0.25, 0.3) is 17.5 Å². The van der Waals surface area contributed by atoms with Crippen LogP contribution in [0, 0.1) is 5.92 Å². The molecule has 4 aliphatic rings. The van der Waals surface area contributed by atoms with Gasteiger partial charge < -0.3 is 35.1 Å². The summed E-state index contributed by atoms with van der Waals surface area (Å²) in [6, 6.07) is 14.1. The van der Waals surface area contributed by atoms with Crippen LogP contribution in [0.2, 0.25) is 0 Å². The first-order valence-electron chi connectivity index (χ1n) is 11.6. The first-order valence-corrected chi connectivity index (χ1v) is 12.6. The summed E-state index contributed by atoms with van der Waals surface area (Å²) >= 11 is 1.49. The molecule has 5 atom stereocenters. The summed E-state index contributed by atoms with van der Waals surface area (Å²) in [5.74, 6) is -2.90. The minimum absolute atomic E-state index is 0.00921. The molecule has 4 heterocycles. The van der Waals surface area contributed by atoms with Gasteiger partial charge in [0.1, 0.15) is 11.7 Å². The second kappa shape index (κ2) is 8.43. The van der Waals surface area contributed by atoms with Gasteiger partial charge in [-0.15, -0.1) is 11.8 Å². The van der Waals surface area contributed by atoms with E-state index in [1.165, 1.54) is 11.8 Å². The molecule has 0 aliphatic carbocycles. The Morgan fingerprint density at radius 3 is 2.51 bits per heavy atom. The highest BCUT2D eigenvalue weighted by atomic mass is 32.2. The summed E-state index contributed by atoms with van der Waals surface area (Å²) in [5.41, 5.74) is -5.58. The number of fused-ring (bicyclic) bond motifs is 6. The van der Waals surface area contributed by atoms with E-state index in [4.69, 9.17) is 14.2 Å². The average molecular weight is 503 g/mol. The fourth-order valence-electron chi connectivity index (χ4n) is 5.04. The number of nitrogens with one attached hydrogen (secondary N) is 2. The Kier molecular flexibility index (Phi) is 5.90. The van der Waals surface area contributed by atoms with Crippen LogP contribution in [-0.2, 0) is 23.8 Å². The standard InChI is InChI=1S/C25H30N2O7S/c1-22(2)33-14-23(3,34-22)19(28)25-21(30)26-24(31,20(29)27-25)17(10-11-32-25)13-35-18-9-8-15-6-4-5-7-16(15)12-18/h4-9,12,17,19,28,31H,10-11,13-14H2,1-3H3,(H,26,30)(H,27,29)/t17?,19-,23-,24+,25-/m0/s1. The molecule has 0 spiro atoms. The Labute approximate surface area is 207 Å². The first kappa shape index (κ1) is 24.5. The average Bonchev–Trinajstić information content (AvgIpc) is 3.11. The molecule has 0 aromatic heterocycles. The van der Waals surface area contributed by atoms with Gasteiger partial charge in [0.15, 0.2) is 5.79 Å². The third kappa shape index (κ3) is 4.12. The van der Waals surface area contributed by atoms with Crippen molar-refractivity contribution >= 4 is 34.3 Å². The fraction of sp³-hybridized carbons (Fsp3) is 0.520. The minimum atomic E-state index is -2.14. The van der Waals surface area contributed by atoms with Crippen LogP contribution in [0.3, 0.4) is 0 Å². The van der Waals surface area contributed by atoms with E-state index in [9.17, 15) is 19.8 Å². The van der Waals surface area contributed by atoms with E-state index >= 15 is 0 Å². The van der Waals surface area contributed by atoms with Crippen LogP contribution in [0.15, 0.2) is 47.4 Å². The predicted octanol–water partition coefficient (Wildman–Crippen LogP) is 1.50. The number of rotatable bonds is 5. The molecule has 35 heavy (non-hydrogen) atoms. The Hall–Kier alpha value is -2.21. The lowest BCUT2D eigenvalue weighted by Crippen LogP contribution is -2.83. The van der Waals surface area contributed by atoms with Crippen LogP contribution in [-0.4, -0.2) is 69.9 Å². The quantitative estimate of drug-likeness (QED) is 0.453. The predicted molar refractivity (Wildman–Crippen MR) is 128 cm³/mol. The summed E-state index contributed by atoms with van der Waals surface area (Å²) in [5, 5.41) is 29.7. The Morgan fingerprint density at radius 1 is 1.06 bits per heavy atom. The van der Waals surface area contributed by atoms with E-state index in [0.717, 1.165) is 15.7 Å². The number of ether oxygens (including phenoxy) is 3. The smallest absolute Gasteiger partial charge is 0.278 e. The van der Waals surface area contributed by atoms with E-state index in [2.05, 4.69) is 16.7 Å². The Bertz CT molecular complexity index is 1180. The number of carbonyl (C=O) groups excluding carboxylic acids is 2. The first-order chi connectivity index (χ1) is 16.5. The van der Waals surface area contributed by atoms with Crippen LogP contribution in [0.5, 0.6) is 0 Å². The topological polar surface area (TPSA) is 126 Å². The van der Waals surface area contributed by atoms with Crippen molar-refractivity contribution in [2.45, 2.75) is 61.0 Å². The van der Waals surface area contributed by atoms with Crippen LogP contribution in [0.4, 0.5) is 0 Å². The number of piperazine rings is 1. The van der Waals surface area contributed by atoms with Gasteiger partial charge in [0.05, 0.1) is 13.2 Å². The molecule has 4 N–H and O–H groups in total. The van der Waals surface area contributed by atoms with Crippen molar-refractivity contribution in [3.8, 4) is 0 Å². The molecule has 9 nitrogen and oxygen atoms in total. The molecule has 4 aliphatic heterocycles. The zero-order chi connectivity index (χ0) is 25.1. The van der Waals surface area contributed by atoms with E-state index in [1.54, 1.807) is 20.8 Å². The third-order valence-corrected chi connectivity index (χ3v) is 8.15. The van der Waals surface area contributed by atoms with Gasteiger partial charge in [0.2, 0.25) is 5.72 Å². The number of aliphatic hydroxyl groups is 2. The van der Waals surface area contributed by atoms with Gasteiger partial charge in [-0.1, -0.05) is 30.3 Å². The highest BCUT2D eigenvalue weighted by Gasteiger charge is 2.66. The summed E-state index contributed by atoms with van der Waals surface area (Å²) in [4.78, 5) is 27.5. The highest BCUT2D eigenvalue weighted by Crippen LogP contribution is 2.41. The van der Waals surface area contributed by atoms with Crippen LogP contribution in [0.25, 0.3) is 10.8 Å². The normalized spacial score (nSPS) is 35.3. The maximum Gasteiger partial charge on any atom is 0.278 e. The summed E-state index contributed by atoms with van der Waals surface area (Å²) in [6.45, 7) is 5.00. The molecule has 0 saturated carbocycles. The molecule has 6 rings (SSSR count). The van der Waals surface area contributed by atoms with Crippen molar-refractivity contribution in [2.75, 3.05) is 19.0 Å². The van der Waals surface area contributed by atoms with Crippen LogP contribution < -0.4 is 10.6 Å². The monoisotopic (exact) mass is 502 g/mol. The number of carbonyl (C=O) groups is 2. The second-order valence-corrected chi connectivity index (χ2v) is 11.2. The molecule has 2 bridgehead atoms. The van der Waals surface area contributed by atoms with Crippen molar-refractivity contribution in [2.24, 2.45) is 5.92 Å². The van der Waals surface area contributed by atoms with Gasteiger partial charge in [0, 0.05) is 16.6 Å². The third-order valence-electron chi connectivity index (χ3n) is 6.99. The van der Waals surface area contributed by atoms with E-state index in [0.29, 0.717) is 12.2 Å². The van der Waals surface area contributed by atoms with E-state index in [1.807, 2.05) is 36.4 Å². The van der Waals surface area contributed by atoms with E-state index < -0.39 is 46.7 Å². The molecule has 0 radical (unpaired) electrons. The molecular formula is C25H30N2O7S. The molecule has 10 heteroatoms. The van der Waals surface area contributed by atoms with E-state index in [-0.39, 0.29) is 13.2 Å². The minimum Gasteiger partial charge on any atom is -0.384 e. The van der Waals surface area contributed by atoms with Crippen molar-refractivity contribution < 1.29 is 34.0 Å². The molecular weight excluding hydrogens is 472 g/mol. The van der Waals surface area contributed by atoms with Crippen LogP contribution in [0.1, 0.15) is 27.2 Å². The molecule has 2 amide bonds. The van der Waals surface area contributed by atoms with Gasteiger partial charge >= 0.3 is 0 Å². The lowest BCUT2D eigenvalue weighted by atomic mass is 9.83. The number of thioether (sulfide) groups is 1. The SMILES string of the molecule is CC1(C)OC[C@@](C)([C@H](O)[C@@]23NC(=O)[C@@](O)(NC2=O)C(CSc2ccc4ccccc4c2)CCO3)O1. The summed E-state index contributed by atoms with van der Waals surface area (Å²) in [7, 11) is 0. The van der Waals surface area contributed by atoms with Crippen molar-refractivity contribution in [1.82, 2.24) is 10.6 Å². The zero-order valence-electron chi connectivity index (χ0n) is 19.9. The maximum atomic E-state index is 13.3. The number of hydrogen-bond donors (Lipinski definition) is 4. The zero-order valence-corrected chi connectivity index (χ0v) is 20.7. The highest BCUT2D eigenvalue weighted by molar-refractivity contribution is 7.99. The molecule has 2 aromatic carbocycles. The fourth-order valence-corrected chi connectivity index (χ4v) is 6.21. The Morgan fingerprint density at radius 2 is 1.80 bits per heavy atom. The second-order valence-electron chi connectivity index (χ2n) is 10.1. The number of benzene rings is 2. The van der Waals surface area contributed by atoms with Gasteiger partial charge in [-0.3, -0.25) is 9.59 Å². The maximum absolute atomic E-state index is 13.3. The molecule has 188 valence electrons. The van der Waals surface area contributed by atoms with Crippen molar-refractivity contribution in [3.63, 3.8) is 0 Å². The molecule has 4 fully saturated rings. The number of aliphatic hydroxyl groups excluding tert-OH is 1. The molecule has 2 aromatic rings. The van der Waals surface area contributed by atoms with Crippen LogP contribution >= 0.6 is 11.8 Å².